The van der Waals surface area contributed by atoms with Crippen LogP contribution in [-0.4, -0.2) is 27.2 Å². The number of aryl methyl sites for hydroxylation is 3. The normalized spacial score (nSPS) is 14.3. The van der Waals surface area contributed by atoms with Crippen LogP contribution in [0.15, 0.2) is 25.8 Å². The largest absolute Gasteiger partial charge is 0.492 e. The smallest absolute Gasteiger partial charge is 0.336 e. The second-order valence-corrected chi connectivity index (χ2v) is 7.57. The highest BCUT2D eigenvalue weighted by Crippen LogP contribution is 2.42. The van der Waals surface area contributed by atoms with E-state index in [4.69, 9.17) is 13.6 Å². The van der Waals surface area contributed by atoms with E-state index in [-0.39, 0.29) is 5.63 Å². The molecule has 0 spiro atoms. The maximum absolute atomic E-state index is 11.8. The molecule has 0 unspecified atom stereocenters. The number of fused-ring (bicyclic) bond motifs is 4. The van der Waals surface area contributed by atoms with Gasteiger partial charge in [-0.15, -0.1) is 0 Å². The Bertz CT molecular complexity index is 1010. The van der Waals surface area contributed by atoms with Crippen LogP contribution in [0.3, 0.4) is 0 Å². The van der Waals surface area contributed by atoms with Crippen LogP contribution in [0.25, 0.3) is 21.9 Å². The van der Waals surface area contributed by atoms with E-state index < -0.39 is 0 Å². The molecule has 4 rings (SSSR count). The Morgan fingerprint density at radius 3 is 2.65 bits per heavy atom. The van der Waals surface area contributed by atoms with E-state index in [1.807, 2.05) is 13.0 Å². The van der Waals surface area contributed by atoms with E-state index in [0.29, 0.717) is 12.2 Å². The number of furan rings is 1. The molecule has 5 heteroatoms. The minimum atomic E-state index is -0.340. The summed E-state index contributed by atoms with van der Waals surface area (Å²) in [7, 11) is 4.28. The third kappa shape index (κ3) is 3.01. The van der Waals surface area contributed by atoms with Crippen molar-refractivity contribution >= 4 is 21.9 Å². The SMILES string of the molecule is Cc1cc(=O)oc2cc3oc4c(c3c(OCCC[NH+](C)C)c12)CCCC4. The van der Waals surface area contributed by atoms with Crippen LogP contribution in [0.4, 0.5) is 0 Å². The number of hydrogen-bond acceptors (Lipinski definition) is 4. The standard InChI is InChI=1S/C21H25NO4/c1-13-11-18(23)26-16-12-17-20(14-7-4-5-8-15(14)25-17)21(19(13)16)24-10-6-9-22(2)3/h11-12H,4-10H2,1-3H3/p+1. The molecule has 0 bridgehead atoms. The highest BCUT2D eigenvalue weighted by molar-refractivity contribution is 6.04. The van der Waals surface area contributed by atoms with Crippen LogP contribution in [0.1, 0.15) is 36.1 Å². The number of ether oxygens (including phenoxy) is 1. The van der Waals surface area contributed by atoms with Gasteiger partial charge < -0.3 is 18.5 Å². The van der Waals surface area contributed by atoms with Gasteiger partial charge >= 0.3 is 5.63 Å². The van der Waals surface area contributed by atoms with Gasteiger partial charge in [0.2, 0.25) is 0 Å². The predicted octanol–water partition coefficient (Wildman–Crippen LogP) is 2.64. The maximum atomic E-state index is 11.8. The van der Waals surface area contributed by atoms with Crippen molar-refractivity contribution in [3.63, 3.8) is 0 Å². The van der Waals surface area contributed by atoms with Crippen LogP contribution in [-0.2, 0) is 12.8 Å². The predicted molar refractivity (Wildman–Crippen MR) is 101 cm³/mol. The summed E-state index contributed by atoms with van der Waals surface area (Å²) in [5.74, 6) is 1.88. The Hall–Kier alpha value is -2.27. The van der Waals surface area contributed by atoms with E-state index in [0.717, 1.165) is 65.7 Å². The van der Waals surface area contributed by atoms with Crippen molar-refractivity contribution in [3.8, 4) is 5.75 Å². The van der Waals surface area contributed by atoms with Gasteiger partial charge in [-0.25, -0.2) is 4.79 Å². The minimum Gasteiger partial charge on any atom is -0.492 e. The number of hydrogen-bond donors (Lipinski definition) is 1. The second-order valence-electron chi connectivity index (χ2n) is 7.57. The van der Waals surface area contributed by atoms with Gasteiger partial charge in [0.05, 0.1) is 38.0 Å². The summed E-state index contributed by atoms with van der Waals surface area (Å²) in [6.07, 6.45) is 5.28. The Morgan fingerprint density at radius 2 is 1.85 bits per heavy atom. The molecule has 138 valence electrons. The molecule has 0 radical (unpaired) electrons. The maximum Gasteiger partial charge on any atom is 0.336 e. The summed E-state index contributed by atoms with van der Waals surface area (Å²) in [4.78, 5) is 13.2. The summed E-state index contributed by atoms with van der Waals surface area (Å²) in [5, 5.41) is 1.96. The van der Waals surface area contributed by atoms with E-state index in [1.165, 1.54) is 23.0 Å². The Morgan fingerprint density at radius 1 is 1.08 bits per heavy atom. The van der Waals surface area contributed by atoms with Crippen LogP contribution >= 0.6 is 0 Å². The molecular weight excluding hydrogens is 330 g/mol. The van der Waals surface area contributed by atoms with Crippen molar-refractivity contribution in [2.75, 3.05) is 27.2 Å². The van der Waals surface area contributed by atoms with Gasteiger partial charge in [-0.3, -0.25) is 0 Å². The highest BCUT2D eigenvalue weighted by atomic mass is 16.5. The van der Waals surface area contributed by atoms with E-state index in [2.05, 4.69) is 14.1 Å². The Kier molecular flexibility index (Phi) is 4.49. The summed E-state index contributed by atoms with van der Waals surface area (Å²) in [6, 6.07) is 3.39. The lowest BCUT2D eigenvalue weighted by Gasteiger charge is -2.14. The number of nitrogens with one attached hydrogen (secondary N) is 1. The lowest BCUT2D eigenvalue weighted by atomic mass is 9.94. The van der Waals surface area contributed by atoms with Gasteiger partial charge in [0.25, 0.3) is 0 Å². The summed E-state index contributed by atoms with van der Waals surface area (Å²) in [5.41, 5.74) is 3.13. The molecule has 1 N–H and O–H groups in total. The molecule has 0 aliphatic heterocycles. The van der Waals surface area contributed by atoms with Gasteiger partial charge in [0.15, 0.2) is 0 Å². The zero-order valence-corrected chi connectivity index (χ0v) is 15.7. The van der Waals surface area contributed by atoms with Crippen LogP contribution in [0.5, 0.6) is 5.75 Å². The van der Waals surface area contributed by atoms with Crippen molar-refractivity contribution < 1.29 is 18.5 Å². The van der Waals surface area contributed by atoms with Gasteiger partial charge in [-0.2, -0.15) is 0 Å². The Balaban J connectivity index is 1.89. The molecule has 1 aliphatic carbocycles. The van der Waals surface area contributed by atoms with Crippen molar-refractivity contribution in [2.24, 2.45) is 0 Å². The molecular formula is C21H26NO4+. The molecule has 5 nitrogen and oxygen atoms in total. The fourth-order valence-corrected chi connectivity index (χ4v) is 3.95. The lowest BCUT2D eigenvalue weighted by molar-refractivity contribution is -0.858. The second kappa shape index (κ2) is 6.80. The molecule has 3 aromatic rings. The molecule has 0 saturated carbocycles. The Labute approximate surface area is 152 Å². The molecule has 2 aromatic heterocycles. The summed E-state index contributed by atoms with van der Waals surface area (Å²) < 4.78 is 17.9. The fourth-order valence-electron chi connectivity index (χ4n) is 3.95. The van der Waals surface area contributed by atoms with E-state index >= 15 is 0 Å². The molecule has 2 heterocycles. The van der Waals surface area contributed by atoms with Crippen LogP contribution < -0.4 is 15.3 Å². The monoisotopic (exact) mass is 356 g/mol. The molecule has 0 atom stereocenters. The zero-order chi connectivity index (χ0) is 18.3. The molecule has 0 saturated heterocycles. The van der Waals surface area contributed by atoms with Crippen molar-refractivity contribution in [2.45, 2.75) is 39.0 Å². The van der Waals surface area contributed by atoms with Crippen LogP contribution in [0, 0.1) is 6.92 Å². The zero-order valence-electron chi connectivity index (χ0n) is 15.7. The van der Waals surface area contributed by atoms with Crippen molar-refractivity contribution in [1.29, 1.82) is 0 Å². The first-order valence-electron chi connectivity index (χ1n) is 9.48. The molecule has 26 heavy (non-hydrogen) atoms. The summed E-state index contributed by atoms with van der Waals surface area (Å²) in [6.45, 7) is 3.62. The first-order chi connectivity index (χ1) is 12.5. The van der Waals surface area contributed by atoms with Crippen LogP contribution in [0.2, 0.25) is 0 Å². The third-order valence-corrected chi connectivity index (χ3v) is 5.17. The molecule has 0 amide bonds. The fraction of sp³-hybridized carbons (Fsp3) is 0.476. The van der Waals surface area contributed by atoms with Crippen molar-refractivity contribution in [1.82, 2.24) is 0 Å². The average Bonchev–Trinajstić information content (AvgIpc) is 2.95. The first-order valence-corrected chi connectivity index (χ1v) is 9.48. The topological polar surface area (TPSA) is 57.0 Å². The first kappa shape index (κ1) is 17.2. The minimum absolute atomic E-state index is 0.340. The molecule has 0 fully saturated rings. The third-order valence-electron chi connectivity index (χ3n) is 5.17. The van der Waals surface area contributed by atoms with Gasteiger partial charge in [-0.1, -0.05) is 0 Å². The summed E-state index contributed by atoms with van der Waals surface area (Å²) >= 11 is 0. The number of quaternary nitrogens is 1. The quantitative estimate of drug-likeness (QED) is 0.564. The average molecular weight is 356 g/mol. The van der Waals surface area contributed by atoms with E-state index in [1.54, 1.807) is 0 Å². The number of benzene rings is 1. The lowest BCUT2D eigenvalue weighted by Crippen LogP contribution is -3.05. The van der Waals surface area contributed by atoms with E-state index in [9.17, 15) is 4.79 Å². The molecule has 1 aromatic carbocycles. The number of rotatable bonds is 5. The van der Waals surface area contributed by atoms with Gasteiger partial charge in [0, 0.05) is 30.5 Å². The van der Waals surface area contributed by atoms with Crippen molar-refractivity contribution in [3.05, 3.63) is 39.4 Å². The molecule has 1 aliphatic rings. The van der Waals surface area contributed by atoms with Gasteiger partial charge in [0.1, 0.15) is 22.7 Å². The van der Waals surface area contributed by atoms with Gasteiger partial charge in [-0.05, 0) is 31.7 Å². The highest BCUT2D eigenvalue weighted by Gasteiger charge is 2.24.